The SMILES string of the molecule is CCCN(CCN(C)C)c1ncc(F)cc1C(=O)O. The van der Waals surface area contributed by atoms with Crippen molar-refractivity contribution in [2.24, 2.45) is 0 Å². The number of aromatic carboxylic acids is 1. The Morgan fingerprint density at radius 1 is 1.37 bits per heavy atom. The number of hydrogen-bond acceptors (Lipinski definition) is 4. The third-order valence-corrected chi connectivity index (χ3v) is 2.67. The molecule has 0 atom stereocenters. The van der Waals surface area contributed by atoms with Gasteiger partial charge in [0.1, 0.15) is 17.2 Å². The van der Waals surface area contributed by atoms with Crippen LogP contribution in [0.4, 0.5) is 10.2 Å². The first kappa shape index (κ1) is 15.4. The number of nitrogens with zero attached hydrogens (tertiary/aromatic N) is 3. The molecule has 0 radical (unpaired) electrons. The summed E-state index contributed by atoms with van der Waals surface area (Å²) < 4.78 is 13.1. The van der Waals surface area contributed by atoms with Gasteiger partial charge in [0.15, 0.2) is 0 Å². The van der Waals surface area contributed by atoms with Crippen LogP contribution in [0.15, 0.2) is 12.3 Å². The van der Waals surface area contributed by atoms with Crippen LogP contribution in [0.25, 0.3) is 0 Å². The fourth-order valence-corrected chi connectivity index (χ4v) is 1.76. The van der Waals surface area contributed by atoms with Gasteiger partial charge in [-0.2, -0.15) is 0 Å². The van der Waals surface area contributed by atoms with Gasteiger partial charge < -0.3 is 14.9 Å². The van der Waals surface area contributed by atoms with Crippen molar-refractivity contribution in [1.29, 1.82) is 0 Å². The molecule has 19 heavy (non-hydrogen) atoms. The molecule has 0 aliphatic heterocycles. The minimum absolute atomic E-state index is 0.0905. The van der Waals surface area contributed by atoms with Crippen LogP contribution in [0.2, 0.25) is 0 Å². The van der Waals surface area contributed by atoms with Crippen molar-refractivity contribution in [3.8, 4) is 0 Å². The molecule has 1 heterocycles. The molecule has 106 valence electrons. The van der Waals surface area contributed by atoms with Gasteiger partial charge in [0.25, 0.3) is 0 Å². The summed E-state index contributed by atoms with van der Waals surface area (Å²) in [6.45, 7) is 4.12. The van der Waals surface area contributed by atoms with Crippen LogP contribution in [-0.4, -0.2) is 54.7 Å². The Morgan fingerprint density at radius 2 is 2.05 bits per heavy atom. The minimum atomic E-state index is -1.16. The van der Waals surface area contributed by atoms with Crippen LogP contribution in [0.3, 0.4) is 0 Å². The van der Waals surface area contributed by atoms with Crippen molar-refractivity contribution >= 4 is 11.8 Å². The molecule has 0 bridgehead atoms. The Balaban J connectivity index is 3.03. The average molecular weight is 269 g/mol. The number of pyridine rings is 1. The van der Waals surface area contributed by atoms with Crippen LogP contribution in [0.1, 0.15) is 23.7 Å². The lowest BCUT2D eigenvalue weighted by atomic mass is 10.2. The Morgan fingerprint density at radius 3 is 2.58 bits per heavy atom. The Kier molecular flexibility index (Phi) is 5.69. The van der Waals surface area contributed by atoms with E-state index in [0.717, 1.165) is 25.2 Å². The van der Waals surface area contributed by atoms with E-state index < -0.39 is 11.8 Å². The molecule has 0 aromatic carbocycles. The summed E-state index contributed by atoms with van der Waals surface area (Å²) in [5, 5.41) is 9.14. The highest BCUT2D eigenvalue weighted by molar-refractivity contribution is 5.93. The summed E-state index contributed by atoms with van der Waals surface area (Å²) in [6.07, 6.45) is 1.92. The zero-order valence-electron chi connectivity index (χ0n) is 11.6. The van der Waals surface area contributed by atoms with Crippen molar-refractivity contribution < 1.29 is 14.3 Å². The smallest absolute Gasteiger partial charge is 0.339 e. The van der Waals surface area contributed by atoms with Gasteiger partial charge in [0.2, 0.25) is 0 Å². The van der Waals surface area contributed by atoms with E-state index in [2.05, 4.69) is 4.98 Å². The van der Waals surface area contributed by atoms with Crippen LogP contribution in [0, 0.1) is 5.82 Å². The fraction of sp³-hybridized carbons (Fsp3) is 0.538. The summed E-state index contributed by atoms with van der Waals surface area (Å²) in [5.74, 6) is -1.46. The van der Waals surface area contributed by atoms with Gasteiger partial charge in [-0.05, 0) is 26.6 Å². The van der Waals surface area contributed by atoms with Crippen LogP contribution >= 0.6 is 0 Å². The Labute approximate surface area is 112 Å². The van der Waals surface area contributed by atoms with E-state index in [9.17, 15) is 9.18 Å². The molecular formula is C13H20FN3O2. The third-order valence-electron chi connectivity index (χ3n) is 2.67. The summed E-state index contributed by atoms with van der Waals surface area (Å²) in [5.41, 5.74) is -0.0905. The molecule has 1 aromatic rings. The lowest BCUT2D eigenvalue weighted by molar-refractivity contribution is 0.0696. The maximum atomic E-state index is 13.1. The number of likely N-dealkylation sites (N-methyl/N-ethyl adjacent to an activating group) is 1. The monoisotopic (exact) mass is 269 g/mol. The Bertz CT molecular complexity index is 438. The molecule has 1 N–H and O–H groups in total. The summed E-state index contributed by atoms with van der Waals surface area (Å²) in [7, 11) is 3.89. The van der Waals surface area contributed by atoms with E-state index in [1.807, 2.05) is 30.8 Å². The number of anilines is 1. The molecule has 0 aliphatic carbocycles. The topological polar surface area (TPSA) is 56.7 Å². The van der Waals surface area contributed by atoms with E-state index in [4.69, 9.17) is 5.11 Å². The first-order valence-corrected chi connectivity index (χ1v) is 6.24. The Hall–Kier alpha value is -1.69. The molecule has 1 rings (SSSR count). The minimum Gasteiger partial charge on any atom is -0.478 e. The number of carboxylic acid groups (broad SMARTS) is 1. The van der Waals surface area contributed by atoms with E-state index >= 15 is 0 Å². The number of halogens is 1. The summed E-state index contributed by atoms with van der Waals surface area (Å²) in [6, 6.07) is 1.02. The number of hydrogen-bond donors (Lipinski definition) is 1. The second kappa shape index (κ2) is 7.04. The zero-order chi connectivity index (χ0) is 14.4. The molecule has 0 spiro atoms. The predicted octanol–water partition coefficient (Wildman–Crippen LogP) is 1.70. The van der Waals surface area contributed by atoms with Crippen molar-refractivity contribution in [2.75, 3.05) is 38.6 Å². The second-order valence-electron chi connectivity index (χ2n) is 4.62. The van der Waals surface area contributed by atoms with Gasteiger partial charge in [0, 0.05) is 19.6 Å². The fourth-order valence-electron chi connectivity index (χ4n) is 1.76. The van der Waals surface area contributed by atoms with Gasteiger partial charge in [-0.1, -0.05) is 6.92 Å². The van der Waals surface area contributed by atoms with E-state index in [0.29, 0.717) is 18.9 Å². The van der Waals surface area contributed by atoms with Gasteiger partial charge in [-0.25, -0.2) is 14.2 Å². The molecule has 0 unspecified atom stereocenters. The number of aromatic nitrogens is 1. The lowest BCUT2D eigenvalue weighted by Crippen LogP contribution is -2.34. The number of rotatable bonds is 7. The van der Waals surface area contributed by atoms with Crippen LogP contribution in [0.5, 0.6) is 0 Å². The quantitative estimate of drug-likeness (QED) is 0.816. The second-order valence-corrected chi connectivity index (χ2v) is 4.62. The molecule has 0 fully saturated rings. The maximum Gasteiger partial charge on any atom is 0.339 e. The van der Waals surface area contributed by atoms with Gasteiger partial charge in [-0.15, -0.1) is 0 Å². The van der Waals surface area contributed by atoms with Crippen molar-refractivity contribution in [2.45, 2.75) is 13.3 Å². The maximum absolute atomic E-state index is 13.1. The average Bonchev–Trinajstić information content (AvgIpc) is 2.34. The molecule has 0 saturated carbocycles. The molecule has 5 nitrogen and oxygen atoms in total. The largest absolute Gasteiger partial charge is 0.478 e. The van der Waals surface area contributed by atoms with Crippen molar-refractivity contribution in [1.82, 2.24) is 9.88 Å². The lowest BCUT2D eigenvalue weighted by Gasteiger charge is -2.26. The van der Waals surface area contributed by atoms with E-state index in [1.54, 1.807) is 0 Å². The van der Waals surface area contributed by atoms with Gasteiger partial charge in [-0.3, -0.25) is 0 Å². The van der Waals surface area contributed by atoms with Crippen LogP contribution < -0.4 is 4.90 Å². The first-order valence-electron chi connectivity index (χ1n) is 6.24. The van der Waals surface area contributed by atoms with Gasteiger partial charge in [0.05, 0.1) is 6.20 Å². The molecule has 0 amide bonds. The highest BCUT2D eigenvalue weighted by Crippen LogP contribution is 2.19. The summed E-state index contributed by atoms with van der Waals surface area (Å²) >= 11 is 0. The molecule has 0 aliphatic rings. The van der Waals surface area contributed by atoms with Crippen molar-refractivity contribution in [3.05, 3.63) is 23.6 Å². The molecule has 1 aromatic heterocycles. The third kappa shape index (κ3) is 4.48. The molecule has 0 saturated heterocycles. The first-order chi connectivity index (χ1) is 8.95. The van der Waals surface area contributed by atoms with Crippen LogP contribution in [-0.2, 0) is 0 Å². The van der Waals surface area contributed by atoms with E-state index in [-0.39, 0.29) is 5.56 Å². The van der Waals surface area contributed by atoms with Gasteiger partial charge >= 0.3 is 5.97 Å². The molecular weight excluding hydrogens is 249 g/mol. The number of carboxylic acids is 1. The molecule has 6 heteroatoms. The van der Waals surface area contributed by atoms with Crippen molar-refractivity contribution in [3.63, 3.8) is 0 Å². The highest BCUT2D eigenvalue weighted by Gasteiger charge is 2.18. The standard InChI is InChI=1S/C13H20FN3O2/c1-4-5-17(7-6-16(2)3)12-11(13(18)19)8-10(14)9-15-12/h8-9H,4-7H2,1-3H3,(H,18,19). The normalized spacial score (nSPS) is 10.8. The summed E-state index contributed by atoms with van der Waals surface area (Å²) in [4.78, 5) is 19.0. The zero-order valence-corrected chi connectivity index (χ0v) is 11.6. The predicted molar refractivity (Wildman–Crippen MR) is 72.2 cm³/mol. The number of carbonyl (C=O) groups is 1. The highest BCUT2D eigenvalue weighted by atomic mass is 19.1. The van der Waals surface area contributed by atoms with E-state index in [1.165, 1.54) is 0 Å².